The van der Waals surface area contributed by atoms with Crippen molar-refractivity contribution in [1.29, 1.82) is 0 Å². The van der Waals surface area contributed by atoms with Gasteiger partial charge in [-0.15, -0.1) is 0 Å². The van der Waals surface area contributed by atoms with E-state index in [4.69, 9.17) is 5.73 Å². The molecule has 18 heavy (non-hydrogen) atoms. The maximum absolute atomic E-state index is 13.6. The number of halogens is 1. The Morgan fingerprint density at radius 2 is 2.00 bits per heavy atom. The van der Waals surface area contributed by atoms with Crippen LogP contribution in [0.1, 0.15) is 18.1 Å². The van der Waals surface area contributed by atoms with Crippen LogP contribution >= 0.6 is 0 Å². The minimum atomic E-state index is -0.206. The standard InChI is InChI=1S/C15H17FN2/c1-4-11-5-6-13(16)12(7-11)8-18-15-10(3)9(2)14(15)17/h5-7,18H,2-4,8,17H2,1H3. The zero-order chi connectivity index (χ0) is 13.3. The molecule has 0 spiro atoms. The van der Waals surface area contributed by atoms with Crippen LogP contribution in [-0.4, -0.2) is 0 Å². The van der Waals surface area contributed by atoms with Gasteiger partial charge in [-0.05, 0) is 18.1 Å². The van der Waals surface area contributed by atoms with E-state index in [0.29, 0.717) is 17.8 Å². The molecule has 0 fully saturated rings. The lowest BCUT2D eigenvalue weighted by Gasteiger charge is -2.27. The third-order valence-electron chi connectivity index (χ3n) is 3.23. The molecule has 2 rings (SSSR count). The first-order chi connectivity index (χ1) is 8.54. The van der Waals surface area contributed by atoms with E-state index < -0.39 is 0 Å². The van der Waals surface area contributed by atoms with Crippen molar-refractivity contribution >= 4 is 0 Å². The van der Waals surface area contributed by atoms with Crippen molar-refractivity contribution in [2.75, 3.05) is 0 Å². The van der Waals surface area contributed by atoms with Crippen LogP contribution in [0.4, 0.5) is 4.39 Å². The van der Waals surface area contributed by atoms with Crippen LogP contribution in [0.5, 0.6) is 0 Å². The highest BCUT2D eigenvalue weighted by atomic mass is 19.1. The molecule has 0 aliphatic heterocycles. The Kier molecular flexibility index (Phi) is 3.24. The Hall–Kier alpha value is -2.03. The lowest BCUT2D eigenvalue weighted by molar-refractivity contribution is 0.599. The lowest BCUT2D eigenvalue weighted by Crippen LogP contribution is -2.28. The largest absolute Gasteiger partial charge is 0.397 e. The van der Waals surface area contributed by atoms with Gasteiger partial charge in [0.05, 0.1) is 11.4 Å². The van der Waals surface area contributed by atoms with Crippen molar-refractivity contribution in [1.82, 2.24) is 5.32 Å². The molecule has 0 radical (unpaired) electrons. The van der Waals surface area contributed by atoms with Gasteiger partial charge in [-0.1, -0.05) is 32.2 Å². The number of hydrogen-bond donors (Lipinski definition) is 2. The van der Waals surface area contributed by atoms with Gasteiger partial charge in [0.1, 0.15) is 5.82 Å². The summed E-state index contributed by atoms with van der Waals surface area (Å²) in [6, 6.07) is 5.17. The first-order valence-electron chi connectivity index (χ1n) is 5.94. The van der Waals surface area contributed by atoms with Gasteiger partial charge >= 0.3 is 0 Å². The zero-order valence-electron chi connectivity index (χ0n) is 10.5. The Morgan fingerprint density at radius 1 is 1.28 bits per heavy atom. The molecule has 94 valence electrons. The molecule has 2 nitrogen and oxygen atoms in total. The molecule has 0 atom stereocenters. The second kappa shape index (κ2) is 4.69. The maximum Gasteiger partial charge on any atom is 0.128 e. The lowest BCUT2D eigenvalue weighted by atomic mass is 9.90. The summed E-state index contributed by atoms with van der Waals surface area (Å²) in [5.41, 5.74) is 10.5. The third-order valence-corrected chi connectivity index (χ3v) is 3.23. The van der Waals surface area contributed by atoms with Crippen molar-refractivity contribution in [3.05, 3.63) is 70.8 Å². The van der Waals surface area contributed by atoms with Crippen LogP contribution in [0, 0.1) is 5.82 Å². The average Bonchev–Trinajstić information content (AvgIpc) is 2.40. The molecule has 0 aromatic heterocycles. The first kappa shape index (κ1) is 12.4. The predicted octanol–water partition coefficient (Wildman–Crippen LogP) is 2.77. The topological polar surface area (TPSA) is 38.0 Å². The molecule has 0 bridgehead atoms. The molecule has 1 aliphatic carbocycles. The van der Waals surface area contributed by atoms with Crippen LogP contribution in [0.25, 0.3) is 0 Å². The fourth-order valence-corrected chi connectivity index (χ4v) is 1.93. The number of nitrogens with one attached hydrogen (secondary N) is 1. The van der Waals surface area contributed by atoms with Gasteiger partial charge in [0.25, 0.3) is 0 Å². The Balaban J connectivity index is 2.12. The summed E-state index contributed by atoms with van der Waals surface area (Å²) in [6.45, 7) is 10.1. The molecular formula is C15H17FN2. The second-order valence-corrected chi connectivity index (χ2v) is 4.38. The Bertz CT molecular complexity index is 556. The summed E-state index contributed by atoms with van der Waals surface area (Å²) in [7, 11) is 0. The molecule has 1 aromatic carbocycles. The average molecular weight is 244 g/mol. The predicted molar refractivity (Wildman–Crippen MR) is 72.1 cm³/mol. The van der Waals surface area contributed by atoms with Gasteiger partial charge in [-0.2, -0.15) is 0 Å². The molecule has 0 heterocycles. The normalized spacial score (nSPS) is 14.8. The monoisotopic (exact) mass is 244 g/mol. The number of hydrogen-bond acceptors (Lipinski definition) is 2. The second-order valence-electron chi connectivity index (χ2n) is 4.38. The Morgan fingerprint density at radius 3 is 2.61 bits per heavy atom. The molecule has 1 aliphatic rings. The molecule has 3 N–H and O–H groups in total. The Labute approximate surface area is 107 Å². The fourth-order valence-electron chi connectivity index (χ4n) is 1.93. The van der Waals surface area contributed by atoms with Crippen molar-refractivity contribution in [3.8, 4) is 0 Å². The minimum Gasteiger partial charge on any atom is -0.397 e. The summed E-state index contributed by atoms with van der Waals surface area (Å²) in [4.78, 5) is 0. The fraction of sp³-hybridized carbons (Fsp3) is 0.200. The van der Waals surface area contributed by atoms with Gasteiger partial charge in [-0.25, -0.2) is 4.39 Å². The van der Waals surface area contributed by atoms with Gasteiger partial charge in [0, 0.05) is 23.3 Å². The molecule has 1 aromatic rings. The van der Waals surface area contributed by atoms with E-state index in [0.717, 1.165) is 28.8 Å². The summed E-state index contributed by atoms with van der Waals surface area (Å²) in [5, 5.41) is 3.11. The van der Waals surface area contributed by atoms with E-state index in [1.54, 1.807) is 6.07 Å². The van der Waals surface area contributed by atoms with E-state index in [-0.39, 0.29) is 5.82 Å². The van der Waals surface area contributed by atoms with Crippen LogP contribution in [0.3, 0.4) is 0 Å². The van der Waals surface area contributed by atoms with Crippen LogP contribution in [0.15, 0.2) is 53.9 Å². The van der Waals surface area contributed by atoms with Crippen molar-refractivity contribution in [2.24, 2.45) is 5.73 Å². The van der Waals surface area contributed by atoms with Crippen LogP contribution in [-0.2, 0) is 13.0 Å². The van der Waals surface area contributed by atoms with E-state index in [1.807, 2.05) is 13.0 Å². The number of benzene rings is 1. The van der Waals surface area contributed by atoms with Crippen molar-refractivity contribution in [3.63, 3.8) is 0 Å². The van der Waals surface area contributed by atoms with E-state index in [1.165, 1.54) is 6.07 Å². The number of rotatable bonds is 4. The molecule has 3 heteroatoms. The molecule has 0 amide bonds. The van der Waals surface area contributed by atoms with Crippen molar-refractivity contribution < 1.29 is 4.39 Å². The number of nitrogens with two attached hydrogens (primary N) is 1. The summed E-state index contributed by atoms with van der Waals surface area (Å²) < 4.78 is 13.6. The maximum atomic E-state index is 13.6. The molecule has 0 saturated carbocycles. The van der Waals surface area contributed by atoms with Crippen LogP contribution in [0.2, 0.25) is 0 Å². The molecule has 0 unspecified atom stereocenters. The van der Waals surface area contributed by atoms with Gasteiger partial charge in [0.2, 0.25) is 0 Å². The quantitative estimate of drug-likeness (QED) is 0.854. The van der Waals surface area contributed by atoms with E-state index >= 15 is 0 Å². The van der Waals surface area contributed by atoms with E-state index in [2.05, 4.69) is 18.5 Å². The van der Waals surface area contributed by atoms with Crippen LogP contribution < -0.4 is 11.1 Å². The summed E-state index contributed by atoms with van der Waals surface area (Å²) >= 11 is 0. The highest BCUT2D eigenvalue weighted by Crippen LogP contribution is 2.32. The van der Waals surface area contributed by atoms with Gasteiger partial charge in [-0.3, -0.25) is 0 Å². The number of allylic oxidation sites excluding steroid dienone is 2. The first-order valence-corrected chi connectivity index (χ1v) is 5.94. The summed E-state index contributed by atoms with van der Waals surface area (Å²) in [5.74, 6) is -0.206. The SMILES string of the molecule is C=C1C(=C)C(NCc2cc(CC)ccc2F)=C1N. The third kappa shape index (κ3) is 2.04. The van der Waals surface area contributed by atoms with Gasteiger partial charge in [0.15, 0.2) is 0 Å². The zero-order valence-corrected chi connectivity index (χ0v) is 10.5. The number of aryl methyl sites for hydroxylation is 1. The highest BCUT2D eigenvalue weighted by Gasteiger charge is 2.23. The summed E-state index contributed by atoms with van der Waals surface area (Å²) in [6.07, 6.45) is 0.891. The smallest absolute Gasteiger partial charge is 0.128 e. The highest BCUT2D eigenvalue weighted by molar-refractivity contribution is 5.65. The molecular weight excluding hydrogens is 227 g/mol. The van der Waals surface area contributed by atoms with E-state index in [9.17, 15) is 4.39 Å². The van der Waals surface area contributed by atoms with Gasteiger partial charge < -0.3 is 11.1 Å². The van der Waals surface area contributed by atoms with Crippen molar-refractivity contribution in [2.45, 2.75) is 19.9 Å². The minimum absolute atomic E-state index is 0.206. The molecule has 0 saturated heterocycles.